The fourth-order valence-corrected chi connectivity index (χ4v) is 3.03. The van der Waals surface area contributed by atoms with Crippen LogP contribution in [-0.2, 0) is 0 Å². The highest BCUT2D eigenvalue weighted by molar-refractivity contribution is 5.98. The lowest BCUT2D eigenvalue weighted by Crippen LogP contribution is -2.29. The summed E-state index contributed by atoms with van der Waals surface area (Å²) in [6, 6.07) is 4.18. The molecule has 3 nitrogen and oxygen atoms in total. The van der Waals surface area contributed by atoms with E-state index in [0.717, 1.165) is 48.1 Å². The lowest BCUT2D eigenvalue weighted by Gasteiger charge is -2.25. The molecule has 1 aliphatic rings. The Kier molecular flexibility index (Phi) is 4.25. The van der Waals surface area contributed by atoms with Gasteiger partial charge in [0, 0.05) is 17.5 Å². The molecular weight excluding hydrogens is 238 g/mol. The van der Waals surface area contributed by atoms with Crippen LogP contribution in [-0.4, -0.2) is 18.9 Å². The molecule has 0 atom stereocenters. The third kappa shape index (κ3) is 2.98. The van der Waals surface area contributed by atoms with Crippen LogP contribution >= 0.6 is 0 Å². The van der Waals surface area contributed by atoms with Gasteiger partial charge in [-0.05, 0) is 62.8 Å². The Morgan fingerprint density at radius 2 is 1.68 bits per heavy atom. The maximum absolute atomic E-state index is 12.5. The van der Waals surface area contributed by atoms with Crippen molar-refractivity contribution in [2.75, 3.05) is 7.11 Å². The fraction of sp³-hybridized carbons (Fsp3) is 0.562. The molecule has 0 heterocycles. The molecule has 2 rings (SSSR count). The van der Waals surface area contributed by atoms with Crippen LogP contribution in [0.3, 0.4) is 0 Å². The first kappa shape index (κ1) is 14.1. The van der Waals surface area contributed by atoms with Gasteiger partial charge in [0.2, 0.25) is 0 Å². The molecule has 0 aromatic heterocycles. The molecule has 104 valence electrons. The molecule has 0 amide bonds. The van der Waals surface area contributed by atoms with Crippen LogP contribution in [0.25, 0.3) is 0 Å². The van der Waals surface area contributed by atoms with Crippen molar-refractivity contribution in [2.24, 2.45) is 11.7 Å². The summed E-state index contributed by atoms with van der Waals surface area (Å²) in [6.45, 7) is 3.97. The van der Waals surface area contributed by atoms with Gasteiger partial charge < -0.3 is 10.5 Å². The number of carbonyl (C=O) groups is 1. The molecule has 1 aromatic rings. The molecule has 1 fully saturated rings. The quantitative estimate of drug-likeness (QED) is 0.851. The van der Waals surface area contributed by atoms with Gasteiger partial charge in [-0.2, -0.15) is 0 Å². The number of Topliss-reactive ketones (excluding diaryl/α,β-unsaturated/α-hetero) is 1. The maximum atomic E-state index is 12.5. The fourth-order valence-electron chi connectivity index (χ4n) is 3.03. The standard InChI is InChI=1S/C16H23NO2/c1-10-8-13(9-11(2)16(10)19-3)15(18)12-4-6-14(17)7-5-12/h8-9,12,14H,4-7,17H2,1-3H3. The zero-order chi connectivity index (χ0) is 14.0. The van der Waals surface area contributed by atoms with Crippen molar-refractivity contribution < 1.29 is 9.53 Å². The molecule has 1 saturated carbocycles. The van der Waals surface area contributed by atoms with Crippen molar-refractivity contribution in [1.29, 1.82) is 0 Å². The first-order valence-corrected chi connectivity index (χ1v) is 6.98. The smallest absolute Gasteiger partial charge is 0.165 e. The lowest BCUT2D eigenvalue weighted by molar-refractivity contribution is 0.0884. The molecule has 1 aromatic carbocycles. The predicted octanol–water partition coefficient (Wildman–Crippen LogP) is 3.01. The number of benzene rings is 1. The van der Waals surface area contributed by atoms with Gasteiger partial charge in [0.1, 0.15) is 5.75 Å². The third-order valence-corrected chi connectivity index (χ3v) is 4.09. The molecule has 1 aliphatic carbocycles. The Balaban J connectivity index is 2.20. The number of hydrogen-bond donors (Lipinski definition) is 1. The SMILES string of the molecule is COc1c(C)cc(C(=O)C2CCC(N)CC2)cc1C. The molecule has 0 spiro atoms. The van der Waals surface area contributed by atoms with Gasteiger partial charge in [0.15, 0.2) is 5.78 Å². The second-order valence-corrected chi connectivity index (χ2v) is 5.62. The summed E-state index contributed by atoms with van der Waals surface area (Å²) in [5.74, 6) is 1.29. The summed E-state index contributed by atoms with van der Waals surface area (Å²) in [6.07, 6.45) is 3.77. The number of aryl methyl sites for hydroxylation is 2. The zero-order valence-corrected chi connectivity index (χ0v) is 12.0. The molecule has 0 bridgehead atoms. The first-order valence-electron chi connectivity index (χ1n) is 6.98. The summed E-state index contributed by atoms with van der Waals surface area (Å²) in [4.78, 5) is 12.5. The average molecular weight is 261 g/mol. The van der Waals surface area contributed by atoms with E-state index in [9.17, 15) is 4.79 Å². The Labute approximate surface area is 115 Å². The molecule has 3 heteroatoms. The van der Waals surface area contributed by atoms with E-state index < -0.39 is 0 Å². The largest absolute Gasteiger partial charge is 0.496 e. The molecule has 0 unspecified atom stereocenters. The Bertz CT molecular complexity index is 451. The lowest BCUT2D eigenvalue weighted by atomic mass is 9.81. The monoisotopic (exact) mass is 261 g/mol. The Morgan fingerprint density at radius 3 is 2.16 bits per heavy atom. The van der Waals surface area contributed by atoms with Crippen LogP contribution in [0.4, 0.5) is 0 Å². The van der Waals surface area contributed by atoms with Crippen LogP contribution in [0.2, 0.25) is 0 Å². The Morgan fingerprint density at radius 1 is 1.16 bits per heavy atom. The summed E-state index contributed by atoms with van der Waals surface area (Å²) in [7, 11) is 1.67. The number of carbonyl (C=O) groups excluding carboxylic acids is 1. The zero-order valence-electron chi connectivity index (χ0n) is 12.0. The normalized spacial score (nSPS) is 23.2. The van der Waals surface area contributed by atoms with Crippen molar-refractivity contribution in [2.45, 2.75) is 45.6 Å². The van der Waals surface area contributed by atoms with Crippen molar-refractivity contribution in [1.82, 2.24) is 0 Å². The van der Waals surface area contributed by atoms with Gasteiger partial charge in [0.25, 0.3) is 0 Å². The Hall–Kier alpha value is -1.35. The van der Waals surface area contributed by atoms with Gasteiger partial charge in [-0.15, -0.1) is 0 Å². The van der Waals surface area contributed by atoms with E-state index in [-0.39, 0.29) is 17.7 Å². The van der Waals surface area contributed by atoms with E-state index in [0.29, 0.717) is 0 Å². The van der Waals surface area contributed by atoms with Crippen LogP contribution in [0.5, 0.6) is 5.75 Å². The van der Waals surface area contributed by atoms with Gasteiger partial charge in [0.05, 0.1) is 7.11 Å². The molecule has 0 radical (unpaired) electrons. The number of ketones is 1. The number of methoxy groups -OCH3 is 1. The summed E-state index contributed by atoms with van der Waals surface area (Å²) in [5.41, 5.74) is 8.76. The average Bonchev–Trinajstić information content (AvgIpc) is 2.38. The first-order chi connectivity index (χ1) is 9.02. The number of rotatable bonds is 3. The van der Waals surface area contributed by atoms with Crippen LogP contribution in [0.15, 0.2) is 12.1 Å². The van der Waals surface area contributed by atoms with Gasteiger partial charge in [-0.3, -0.25) is 4.79 Å². The highest BCUT2D eigenvalue weighted by Gasteiger charge is 2.26. The van der Waals surface area contributed by atoms with Gasteiger partial charge in [-0.25, -0.2) is 0 Å². The maximum Gasteiger partial charge on any atom is 0.165 e. The van der Waals surface area contributed by atoms with Crippen molar-refractivity contribution >= 4 is 5.78 Å². The predicted molar refractivity (Wildman–Crippen MR) is 76.7 cm³/mol. The van der Waals surface area contributed by atoms with E-state index in [4.69, 9.17) is 10.5 Å². The summed E-state index contributed by atoms with van der Waals surface area (Å²) < 4.78 is 5.34. The number of ether oxygens (including phenoxy) is 1. The van der Waals surface area contributed by atoms with Crippen LogP contribution < -0.4 is 10.5 Å². The topological polar surface area (TPSA) is 52.3 Å². The number of nitrogens with two attached hydrogens (primary N) is 1. The van der Waals surface area contributed by atoms with E-state index in [1.807, 2.05) is 26.0 Å². The third-order valence-electron chi connectivity index (χ3n) is 4.09. The van der Waals surface area contributed by atoms with Crippen LogP contribution in [0.1, 0.15) is 47.2 Å². The second-order valence-electron chi connectivity index (χ2n) is 5.62. The van der Waals surface area contributed by atoms with E-state index in [1.165, 1.54) is 0 Å². The minimum Gasteiger partial charge on any atom is -0.496 e. The molecule has 0 aliphatic heterocycles. The molecular formula is C16H23NO2. The second kappa shape index (κ2) is 5.74. The van der Waals surface area contributed by atoms with Crippen molar-refractivity contribution in [3.05, 3.63) is 28.8 Å². The molecule has 19 heavy (non-hydrogen) atoms. The van der Waals surface area contributed by atoms with Crippen molar-refractivity contribution in [3.8, 4) is 5.75 Å². The summed E-state index contributed by atoms with van der Waals surface area (Å²) in [5, 5.41) is 0. The minimum absolute atomic E-state index is 0.145. The summed E-state index contributed by atoms with van der Waals surface area (Å²) >= 11 is 0. The van der Waals surface area contributed by atoms with Gasteiger partial charge >= 0.3 is 0 Å². The van der Waals surface area contributed by atoms with E-state index in [1.54, 1.807) is 7.11 Å². The highest BCUT2D eigenvalue weighted by atomic mass is 16.5. The molecule has 0 saturated heterocycles. The molecule has 2 N–H and O–H groups in total. The van der Waals surface area contributed by atoms with Crippen molar-refractivity contribution in [3.63, 3.8) is 0 Å². The van der Waals surface area contributed by atoms with Gasteiger partial charge in [-0.1, -0.05) is 0 Å². The number of hydrogen-bond acceptors (Lipinski definition) is 3. The van der Waals surface area contributed by atoms with Crippen LogP contribution in [0, 0.1) is 19.8 Å². The minimum atomic E-state index is 0.145. The van der Waals surface area contributed by atoms with E-state index in [2.05, 4.69) is 0 Å². The van der Waals surface area contributed by atoms with E-state index >= 15 is 0 Å². The highest BCUT2D eigenvalue weighted by Crippen LogP contribution is 2.30.